The Hall–Kier alpha value is -1.55. The Morgan fingerprint density at radius 2 is 2.05 bits per heavy atom. The second-order valence-electron chi connectivity index (χ2n) is 4.91. The molecule has 1 heterocycles. The van der Waals surface area contributed by atoms with Gasteiger partial charge in [-0.25, -0.2) is 0 Å². The average molecular weight is 296 g/mol. The number of hydrogen-bond donors (Lipinski definition) is 0. The number of esters is 1. The van der Waals surface area contributed by atoms with E-state index in [4.69, 9.17) is 16.3 Å². The Morgan fingerprint density at radius 3 is 2.75 bits per heavy atom. The standard InChI is InChI=1S/C15H18ClNO3/c16-9-14(18)17-8-4-7-13(10-17)15(19)20-11-12-5-2-1-3-6-12/h1-3,5-6,13H,4,7-11H2. The third-order valence-corrected chi connectivity index (χ3v) is 3.67. The van der Waals surface area contributed by atoms with Gasteiger partial charge in [0.15, 0.2) is 0 Å². The van der Waals surface area contributed by atoms with Crippen molar-refractivity contribution in [3.05, 3.63) is 35.9 Å². The van der Waals surface area contributed by atoms with Gasteiger partial charge in [0, 0.05) is 13.1 Å². The molecule has 5 heteroatoms. The van der Waals surface area contributed by atoms with Crippen molar-refractivity contribution in [2.45, 2.75) is 19.4 Å². The van der Waals surface area contributed by atoms with Crippen LogP contribution in [0.1, 0.15) is 18.4 Å². The van der Waals surface area contributed by atoms with Crippen LogP contribution >= 0.6 is 11.6 Å². The van der Waals surface area contributed by atoms with Crippen LogP contribution in [0.5, 0.6) is 0 Å². The number of piperidine rings is 1. The fourth-order valence-electron chi connectivity index (χ4n) is 2.33. The molecule has 0 radical (unpaired) electrons. The van der Waals surface area contributed by atoms with Gasteiger partial charge in [-0.3, -0.25) is 9.59 Å². The number of hydrogen-bond acceptors (Lipinski definition) is 3. The summed E-state index contributed by atoms with van der Waals surface area (Å²) >= 11 is 5.55. The molecule has 2 rings (SSSR count). The van der Waals surface area contributed by atoms with Crippen LogP contribution in [0.4, 0.5) is 0 Å². The maximum Gasteiger partial charge on any atom is 0.311 e. The molecule has 0 N–H and O–H groups in total. The topological polar surface area (TPSA) is 46.6 Å². The molecule has 1 aromatic carbocycles. The zero-order valence-corrected chi connectivity index (χ0v) is 12.0. The Kier molecular flexibility index (Phi) is 5.41. The largest absolute Gasteiger partial charge is 0.461 e. The smallest absolute Gasteiger partial charge is 0.311 e. The lowest BCUT2D eigenvalue weighted by molar-refractivity contribution is -0.152. The summed E-state index contributed by atoms with van der Waals surface area (Å²) in [5.41, 5.74) is 0.963. The molecule has 0 aromatic heterocycles. The van der Waals surface area contributed by atoms with Crippen LogP contribution in [0.3, 0.4) is 0 Å². The van der Waals surface area contributed by atoms with Crippen molar-refractivity contribution in [2.75, 3.05) is 19.0 Å². The van der Waals surface area contributed by atoms with Crippen LogP contribution < -0.4 is 0 Å². The van der Waals surface area contributed by atoms with Gasteiger partial charge in [-0.2, -0.15) is 0 Å². The van der Waals surface area contributed by atoms with Crippen LogP contribution in [-0.2, 0) is 20.9 Å². The number of rotatable bonds is 4. The Balaban J connectivity index is 1.84. The Labute approximate surface area is 123 Å². The Morgan fingerprint density at radius 1 is 1.30 bits per heavy atom. The van der Waals surface area contributed by atoms with Crippen molar-refractivity contribution in [2.24, 2.45) is 5.92 Å². The van der Waals surface area contributed by atoms with Gasteiger partial charge in [0.2, 0.25) is 5.91 Å². The van der Waals surface area contributed by atoms with E-state index in [9.17, 15) is 9.59 Å². The summed E-state index contributed by atoms with van der Waals surface area (Å²) in [4.78, 5) is 25.2. The van der Waals surface area contributed by atoms with Gasteiger partial charge in [0.25, 0.3) is 0 Å². The minimum atomic E-state index is -0.236. The van der Waals surface area contributed by atoms with Gasteiger partial charge in [-0.1, -0.05) is 30.3 Å². The molecule has 1 aliphatic heterocycles. The number of benzene rings is 1. The first-order chi connectivity index (χ1) is 9.70. The first kappa shape index (κ1) is 14.9. The molecular weight excluding hydrogens is 278 g/mol. The predicted molar refractivity (Wildman–Crippen MR) is 76.3 cm³/mol. The van der Waals surface area contributed by atoms with Gasteiger partial charge in [-0.05, 0) is 18.4 Å². The van der Waals surface area contributed by atoms with E-state index in [0.29, 0.717) is 13.1 Å². The van der Waals surface area contributed by atoms with Gasteiger partial charge >= 0.3 is 5.97 Å². The lowest BCUT2D eigenvalue weighted by Crippen LogP contribution is -2.43. The summed E-state index contributed by atoms with van der Waals surface area (Å²) in [6, 6.07) is 9.56. The highest BCUT2D eigenvalue weighted by Gasteiger charge is 2.29. The number of carbonyl (C=O) groups excluding carboxylic acids is 2. The van der Waals surface area contributed by atoms with Crippen molar-refractivity contribution >= 4 is 23.5 Å². The molecule has 1 saturated heterocycles. The van der Waals surface area contributed by atoms with Crippen LogP contribution in [-0.4, -0.2) is 35.7 Å². The van der Waals surface area contributed by atoms with E-state index in [-0.39, 0.29) is 30.3 Å². The number of likely N-dealkylation sites (tertiary alicyclic amines) is 1. The lowest BCUT2D eigenvalue weighted by Gasteiger charge is -2.31. The molecule has 0 saturated carbocycles. The number of carbonyl (C=O) groups is 2. The summed E-state index contributed by atoms with van der Waals surface area (Å²) in [6.07, 6.45) is 1.58. The van der Waals surface area contributed by atoms with Crippen LogP contribution in [0, 0.1) is 5.92 Å². The van der Waals surface area contributed by atoms with E-state index < -0.39 is 0 Å². The van der Waals surface area contributed by atoms with Crippen molar-refractivity contribution < 1.29 is 14.3 Å². The normalized spacial score (nSPS) is 18.6. The lowest BCUT2D eigenvalue weighted by atomic mass is 9.98. The molecule has 0 bridgehead atoms. The van der Waals surface area contributed by atoms with Crippen LogP contribution in [0.2, 0.25) is 0 Å². The maximum absolute atomic E-state index is 12.0. The quantitative estimate of drug-likeness (QED) is 0.632. The molecule has 1 aliphatic rings. The minimum absolute atomic E-state index is 0.0359. The zero-order valence-electron chi connectivity index (χ0n) is 11.3. The van der Waals surface area contributed by atoms with E-state index in [1.54, 1.807) is 4.90 Å². The minimum Gasteiger partial charge on any atom is -0.461 e. The van der Waals surface area contributed by atoms with Gasteiger partial charge in [0.05, 0.1) is 5.92 Å². The number of amides is 1. The first-order valence-electron chi connectivity index (χ1n) is 6.75. The number of halogens is 1. The van der Waals surface area contributed by atoms with Crippen molar-refractivity contribution in [3.63, 3.8) is 0 Å². The Bertz CT molecular complexity index is 463. The van der Waals surface area contributed by atoms with E-state index >= 15 is 0 Å². The van der Waals surface area contributed by atoms with E-state index in [1.165, 1.54) is 0 Å². The van der Waals surface area contributed by atoms with Gasteiger partial charge in [0.1, 0.15) is 12.5 Å². The SMILES string of the molecule is O=C(OCc1ccccc1)C1CCCN(C(=O)CCl)C1. The molecule has 1 amide bonds. The highest BCUT2D eigenvalue weighted by molar-refractivity contribution is 6.27. The molecule has 1 fully saturated rings. The average Bonchev–Trinajstić information content (AvgIpc) is 2.53. The molecule has 0 aliphatic carbocycles. The maximum atomic E-state index is 12.0. The first-order valence-corrected chi connectivity index (χ1v) is 7.28. The third-order valence-electron chi connectivity index (χ3n) is 3.45. The van der Waals surface area contributed by atoms with Gasteiger partial charge in [-0.15, -0.1) is 11.6 Å². The van der Waals surface area contributed by atoms with Crippen molar-refractivity contribution in [3.8, 4) is 0 Å². The molecular formula is C15H18ClNO3. The second kappa shape index (κ2) is 7.29. The number of ether oxygens (including phenoxy) is 1. The molecule has 1 atom stereocenters. The van der Waals surface area contributed by atoms with E-state index in [0.717, 1.165) is 18.4 Å². The highest BCUT2D eigenvalue weighted by Crippen LogP contribution is 2.19. The highest BCUT2D eigenvalue weighted by atomic mass is 35.5. The van der Waals surface area contributed by atoms with Crippen molar-refractivity contribution in [1.29, 1.82) is 0 Å². The fourth-order valence-corrected chi connectivity index (χ4v) is 2.50. The summed E-state index contributed by atoms with van der Waals surface area (Å²) in [5.74, 6) is -0.626. The van der Waals surface area contributed by atoms with Crippen LogP contribution in [0.15, 0.2) is 30.3 Å². The summed E-state index contributed by atoms with van der Waals surface area (Å²) in [5, 5.41) is 0. The van der Waals surface area contributed by atoms with E-state index in [2.05, 4.69) is 0 Å². The second-order valence-corrected chi connectivity index (χ2v) is 5.17. The fraction of sp³-hybridized carbons (Fsp3) is 0.467. The zero-order chi connectivity index (χ0) is 14.4. The summed E-state index contributed by atoms with van der Waals surface area (Å²) < 4.78 is 5.32. The summed E-state index contributed by atoms with van der Waals surface area (Å²) in [7, 11) is 0. The molecule has 1 aromatic rings. The van der Waals surface area contributed by atoms with Crippen LogP contribution in [0.25, 0.3) is 0 Å². The third kappa shape index (κ3) is 3.97. The summed E-state index contributed by atoms with van der Waals surface area (Å²) in [6.45, 7) is 1.37. The molecule has 4 nitrogen and oxygen atoms in total. The van der Waals surface area contributed by atoms with E-state index in [1.807, 2.05) is 30.3 Å². The number of nitrogens with zero attached hydrogens (tertiary/aromatic N) is 1. The molecule has 0 spiro atoms. The monoisotopic (exact) mass is 295 g/mol. The van der Waals surface area contributed by atoms with Gasteiger partial charge < -0.3 is 9.64 Å². The molecule has 108 valence electrons. The molecule has 20 heavy (non-hydrogen) atoms. The predicted octanol–water partition coefficient (Wildman–Crippen LogP) is 2.21. The van der Waals surface area contributed by atoms with Crippen molar-refractivity contribution in [1.82, 2.24) is 4.90 Å². The number of alkyl halides is 1. The molecule has 1 unspecified atom stereocenters.